The standard InChI is InChI=1S/C14H22NO/c1-4-12-16-13(2)9-10-14-8-6-5-7-11-15(14)3/h5-8,11H,4,9-10,12H2,1-3H3. The van der Waals surface area contributed by atoms with Crippen molar-refractivity contribution in [2.45, 2.75) is 33.1 Å². The van der Waals surface area contributed by atoms with Crippen molar-refractivity contribution in [2.75, 3.05) is 13.7 Å². The molecule has 1 heterocycles. The number of rotatable bonds is 6. The maximum atomic E-state index is 5.58. The quantitative estimate of drug-likeness (QED) is 0.677. The molecular formula is C14H22NO. The summed E-state index contributed by atoms with van der Waals surface area (Å²) in [6, 6.07) is 0. The summed E-state index contributed by atoms with van der Waals surface area (Å²) in [4.78, 5) is 2.16. The lowest BCUT2D eigenvalue weighted by Crippen LogP contribution is -2.11. The lowest BCUT2D eigenvalue weighted by molar-refractivity contribution is 0.141. The van der Waals surface area contributed by atoms with Gasteiger partial charge in [0, 0.05) is 25.6 Å². The summed E-state index contributed by atoms with van der Waals surface area (Å²) < 4.78 is 5.58. The van der Waals surface area contributed by atoms with E-state index in [-0.39, 0.29) is 0 Å². The Morgan fingerprint density at radius 3 is 2.88 bits per heavy atom. The minimum absolute atomic E-state index is 0.834. The lowest BCUT2D eigenvalue weighted by Gasteiger charge is -2.19. The molecule has 1 rings (SSSR count). The second-order valence-corrected chi connectivity index (χ2v) is 4.05. The van der Waals surface area contributed by atoms with Gasteiger partial charge in [0.2, 0.25) is 0 Å². The summed E-state index contributed by atoms with van der Waals surface area (Å²) in [5, 5.41) is 0. The number of nitrogens with zero attached hydrogens (tertiary/aromatic N) is 1. The van der Waals surface area contributed by atoms with Gasteiger partial charge in [0.05, 0.1) is 6.10 Å². The first-order valence-electron chi connectivity index (χ1n) is 5.96. The fraction of sp³-hybridized carbons (Fsp3) is 0.500. The molecule has 1 radical (unpaired) electrons. The van der Waals surface area contributed by atoms with Crippen molar-refractivity contribution in [1.82, 2.24) is 4.90 Å². The summed E-state index contributed by atoms with van der Waals surface area (Å²) in [6.07, 6.45) is 14.7. The molecule has 0 N–H and O–H groups in total. The lowest BCUT2D eigenvalue weighted by atomic mass is 10.1. The molecule has 0 saturated heterocycles. The van der Waals surface area contributed by atoms with Crippen molar-refractivity contribution in [3.63, 3.8) is 0 Å². The Balaban J connectivity index is 2.33. The average molecular weight is 220 g/mol. The van der Waals surface area contributed by atoms with Gasteiger partial charge in [0.15, 0.2) is 0 Å². The first-order valence-corrected chi connectivity index (χ1v) is 5.96. The van der Waals surface area contributed by atoms with Gasteiger partial charge in [-0.05, 0) is 38.3 Å². The molecular weight excluding hydrogens is 198 g/mol. The predicted molar refractivity (Wildman–Crippen MR) is 68.5 cm³/mol. The maximum absolute atomic E-state index is 5.58. The summed E-state index contributed by atoms with van der Waals surface area (Å²) in [6.45, 7) is 5.03. The zero-order valence-electron chi connectivity index (χ0n) is 10.6. The maximum Gasteiger partial charge on any atom is 0.0943 e. The van der Waals surface area contributed by atoms with Crippen molar-refractivity contribution in [3.05, 3.63) is 42.3 Å². The first kappa shape index (κ1) is 13.0. The van der Waals surface area contributed by atoms with Crippen LogP contribution in [0.25, 0.3) is 0 Å². The molecule has 0 saturated carbocycles. The fourth-order valence-electron chi connectivity index (χ4n) is 1.54. The Bertz CT molecular complexity index is 278. The van der Waals surface area contributed by atoms with E-state index in [9.17, 15) is 0 Å². The highest BCUT2D eigenvalue weighted by atomic mass is 16.5. The summed E-state index contributed by atoms with van der Waals surface area (Å²) >= 11 is 0. The topological polar surface area (TPSA) is 12.5 Å². The number of ether oxygens (including phenoxy) is 1. The van der Waals surface area contributed by atoms with Crippen LogP contribution in [0.4, 0.5) is 0 Å². The van der Waals surface area contributed by atoms with Crippen molar-refractivity contribution in [1.29, 1.82) is 0 Å². The van der Waals surface area contributed by atoms with Gasteiger partial charge in [-0.15, -0.1) is 0 Å². The summed E-state index contributed by atoms with van der Waals surface area (Å²) in [7, 11) is 2.08. The molecule has 0 amide bonds. The number of allylic oxidation sites excluding steroid dienone is 5. The minimum Gasteiger partial charge on any atom is -0.372 e. The molecule has 0 spiro atoms. The highest BCUT2D eigenvalue weighted by Crippen LogP contribution is 2.18. The Morgan fingerprint density at radius 2 is 2.12 bits per heavy atom. The second-order valence-electron chi connectivity index (χ2n) is 4.05. The molecule has 2 heteroatoms. The number of hydrogen-bond donors (Lipinski definition) is 0. The van der Waals surface area contributed by atoms with Crippen LogP contribution in [0.5, 0.6) is 0 Å². The molecule has 0 aromatic carbocycles. The smallest absolute Gasteiger partial charge is 0.0943 e. The number of hydrogen-bond acceptors (Lipinski definition) is 2. The average Bonchev–Trinajstić information content (AvgIpc) is 2.48. The van der Waals surface area contributed by atoms with Gasteiger partial charge >= 0.3 is 0 Å². The van der Waals surface area contributed by atoms with Crippen molar-refractivity contribution >= 4 is 0 Å². The molecule has 0 aromatic heterocycles. The molecule has 0 bridgehead atoms. The molecule has 2 nitrogen and oxygen atoms in total. The van der Waals surface area contributed by atoms with E-state index in [0.29, 0.717) is 0 Å². The summed E-state index contributed by atoms with van der Waals surface area (Å²) in [5.74, 6) is 0. The van der Waals surface area contributed by atoms with Crippen LogP contribution < -0.4 is 0 Å². The van der Waals surface area contributed by atoms with E-state index in [1.165, 1.54) is 5.70 Å². The highest BCUT2D eigenvalue weighted by molar-refractivity contribution is 5.21. The Hall–Kier alpha value is -1.02. The third-order valence-electron chi connectivity index (χ3n) is 2.56. The van der Waals surface area contributed by atoms with Crippen molar-refractivity contribution < 1.29 is 4.74 Å². The molecule has 0 aromatic rings. The van der Waals surface area contributed by atoms with E-state index in [2.05, 4.69) is 44.1 Å². The normalized spacial score (nSPS) is 15.5. The minimum atomic E-state index is 0.834. The van der Waals surface area contributed by atoms with E-state index in [1.54, 1.807) is 0 Å². The van der Waals surface area contributed by atoms with Gasteiger partial charge in [-0.3, -0.25) is 0 Å². The largest absolute Gasteiger partial charge is 0.372 e. The third kappa shape index (κ3) is 4.67. The van der Waals surface area contributed by atoms with Gasteiger partial charge < -0.3 is 9.64 Å². The SMILES string of the molecule is CCCO[C](C)CCC1=CC=CC=CN1C. The van der Waals surface area contributed by atoms with E-state index in [1.807, 2.05) is 12.2 Å². The predicted octanol–water partition coefficient (Wildman–Crippen LogP) is 3.64. The monoisotopic (exact) mass is 220 g/mol. The molecule has 1 aliphatic rings. The first-order chi connectivity index (χ1) is 7.74. The highest BCUT2D eigenvalue weighted by Gasteiger charge is 2.07. The molecule has 0 unspecified atom stereocenters. The van der Waals surface area contributed by atoms with Crippen molar-refractivity contribution in [3.8, 4) is 0 Å². The molecule has 1 aliphatic heterocycles. The Kier molecular flexibility index (Phi) is 5.94. The van der Waals surface area contributed by atoms with Gasteiger partial charge in [0.25, 0.3) is 0 Å². The van der Waals surface area contributed by atoms with Crippen LogP contribution in [-0.4, -0.2) is 18.6 Å². The van der Waals surface area contributed by atoms with Crippen LogP contribution in [0.15, 0.2) is 36.2 Å². The second kappa shape index (κ2) is 7.29. The summed E-state index contributed by atoms with van der Waals surface area (Å²) in [5.41, 5.74) is 1.32. The Morgan fingerprint density at radius 1 is 1.31 bits per heavy atom. The fourth-order valence-corrected chi connectivity index (χ4v) is 1.54. The zero-order chi connectivity index (χ0) is 11.8. The molecule has 0 atom stereocenters. The zero-order valence-corrected chi connectivity index (χ0v) is 10.6. The van der Waals surface area contributed by atoms with E-state index in [0.717, 1.165) is 32.0 Å². The molecule has 0 fully saturated rings. The van der Waals surface area contributed by atoms with Crippen LogP contribution in [0, 0.1) is 6.10 Å². The Labute approximate surface area is 99.3 Å². The molecule has 16 heavy (non-hydrogen) atoms. The van der Waals surface area contributed by atoms with Gasteiger partial charge in [-0.25, -0.2) is 0 Å². The van der Waals surface area contributed by atoms with Crippen LogP contribution >= 0.6 is 0 Å². The van der Waals surface area contributed by atoms with Crippen LogP contribution in [-0.2, 0) is 4.74 Å². The van der Waals surface area contributed by atoms with Crippen LogP contribution in [0.2, 0.25) is 0 Å². The van der Waals surface area contributed by atoms with Gasteiger partial charge in [0.1, 0.15) is 0 Å². The van der Waals surface area contributed by atoms with Gasteiger partial charge in [-0.2, -0.15) is 0 Å². The van der Waals surface area contributed by atoms with E-state index in [4.69, 9.17) is 4.74 Å². The van der Waals surface area contributed by atoms with Crippen LogP contribution in [0.3, 0.4) is 0 Å². The molecule has 0 aliphatic carbocycles. The third-order valence-corrected chi connectivity index (χ3v) is 2.56. The van der Waals surface area contributed by atoms with Crippen molar-refractivity contribution in [2.24, 2.45) is 0 Å². The molecule has 89 valence electrons. The van der Waals surface area contributed by atoms with Crippen LogP contribution in [0.1, 0.15) is 33.1 Å². The van der Waals surface area contributed by atoms with Gasteiger partial charge in [-0.1, -0.05) is 19.1 Å². The van der Waals surface area contributed by atoms with E-state index < -0.39 is 0 Å². The van der Waals surface area contributed by atoms with E-state index >= 15 is 0 Å².